The van der Waals surface area contributed by atoms with Gasteiger partial charge in [0.1, 0.15) is 22.9 Å². The smallest absolute Gasteiger partial charge is 0.465 e. The van der Waals surface area contributed by atoms with Crippen LogP contribution in [0.25, 0.3) is 10.2 Å². The van der Waals surface area contributed by atoms with Gasteiger partial charge < -0.3 is 28.4 Å². The van der Waals surface area contributed by atoms with Gasteiger partial charge in [-0.05, 0) is 63.5 Å². The molecule has 3 aromatic rings. The van der Waals surface area contributed by atoms with Crippen LogP contribution in [0.5, 0.6) is 5.75 Å². The summed E-state index contributed by atoms with van der Waals surface area (Å²) in [5.74, 6) is -0.890. The molecule has 10 nitrogen and oxygen atoms in total. The molecule has 5 fully saturated rings. The van der Waals surface area contributed by atoms with E-state index in [2.05, 4.69) is 14.9 Å². The molecule has 4 saturated carbocycles. The lowest BCUT2D eigenvalue weighted by Gasteiger charge is -2.52. The van der Waals surface area contributed by atoms with Gasteiger partial charge in [-0.1, -0.05) is 16.5 Å². The number of halogens is 3. The number of thiazole rings is 1. The van der Waals surface area contributed by atoms with Crippen LogP contribution in [-0.2, 0) is 19.6 Å². The van der Waals surface area contributed by atoms with Crippen molar-refractivity contribution in [3.05, 3.63) is 34.7 Å². The van der Waals surface area contributed by atoms with Crippen LogP contribution in [0.2, 0.25) is 0 Å². The van der Waals surface area contributed by atoms with Crippen LogP contribution < -0.4 is 9.64 Å². The lowest BCUT2D eigenvalue weighted by atomic mass is 9.57. The molecule has 1 aromatic carbocycles. The number of nitrogens with zero attached hydrogens (tertiary/aromatic N) is 3. The summed E-state index contributed by atoms with van der Waals surface area (Å²) in [5, 5.41) is 5.00. The Bertz CT molecular complexity index is 1600. The highest BCUT2D eigenvalue weighted by molar-refractivity contribution is 7.22. The summed E-state index contributed by atoms with van der Waals surface area (Å²) in [6, 6.07) is 2.43. The molecular formula is C31H34F3N3O7S. The van der Waals surface area contributed by atoms with Gasteiger partial charge in [-0.2, -0.15) is 0 Å². The summed E-state index contributed by atoms with van der Waals surface area (Å²) >= 11 is 1.16. The number of alkyl halides is 3. The fraction of sp³-hybridized carbons (Fsp3) is 0.613. The maximum Gasteiger partial charge on any atom is 0.573 e. The number of ether oxygens (including phenoxy) is 4. The van der Waals surface area contributed by atoms with E-state index in [0.29, 0.717) is 47.1 Å². The van der Waals surface area contributed by atoms with E-state index in [1.807, 2.05) is 4.90 Å². The third-order valence-electron chi connectivity index (χ3n) is 10.1. The van der Waals surface area contributed by atoms with Crippen LogP contribution in [0.3, 0.4) is 0 Å². The van der Waals surface area contributed by atoms with E-state index in [4.69, 9.17) is 18.7 Å². The van der Waals surface area contributed by atoms with Crippen LogP contribution >= 0.6 is 11.3 Å². The van der Waals surface area contributed by atoms with Crippen molar-refractivity contribution in [2.24, 2.45) is 0 Å². The maximum absolute atomic E-state index is 13.8. The Labute approximate surface area is 261 Å². The number of hydrogen-bond donors (Lipinski definition) is 0. The molecule has 3 heterocycles. The van der Waals surface area contributed by atoms with Gasteiger partial charge in [-0.25, -0.2) is 14.6 Å². The molecule has 1 saturated heterocycles. The number of hydrogen-bond acceptors (Lipinski definition) is 11. The topological polar surface area (TPSA) is 113 Å². The second kappa shape index (κ2) is 11.1. The lowest BCUT2D eigenvalue weighted by Crippen LogP contribution is -2.49. The number of rotatable bonds is 8. The number of piperidine rings is 1. The van der Waals surface area contributed by atoms with Gasteiger partial charge >= 0.3 is 18.3 Å². The van der Waals surface area contributed by atoms with Crippen molar-refractivity contribution in [3.8, 4) is 5.75 Å². The number of anilines is 1. The molecule has 14 heteroatoms. The van der Waals surface area contributed by atoms with Gasteiger partial charge in [0.05, 0.1) is 23.0 Å². The number of carbonyl (C=O) groups excluding carboxylic acids is 2. The molecule has 242 valence electrons. The van der Waals surface area contributed by atoms with E-state index in [0.717, 1.165) is 81.6 Å². The van der Waals surface area contributed by atoms with Gasteiger partial charge in [-0.3, -0.25) is 0 Å². The minimum atomic E-state index is -4.96. The summed E-state index contributed by atoms with van der Waals surface area (Å²) in [4.78, 5) is 32.3. The van der Waals surface area contributed by atoms with E-state index in [1.165, 1.54) is 6.07 Å². The van der Waals surface area contributed by atoms with Crippen molar-refractivity contribution in [1.29, 1.82) is 0 Å². The standard InChI is InChI=1S/C31H34F3N3O7S/c1-40-26(38)18-15-20(43-31(32,33)34)23-21(16-18)45-28(35-23)37-13-5-19(6-14-37)42-27(39)22-24(17-3-4-17)44-36-25(22)29-7-10-30(41-2,11-8-29)12-9-29/h15-17,19H,3-14H2,1-2H3. The first-order valence-corrected chi connectivity index (χ1v) is 16.1. The van der Waals surface area contributed by atoms with Crippen LogP contribution in [0.4, 0.5) is 18.3 Å². The summed E-state index contributed by atoms with van der Waals surface area (Å²) in [7, 11) is 2.93. The largest absolute Gasteiger partial charge is 0.573 e. The lowest BCUT2D eigenvalue weighted by molar-refractivity contribution is -0.274. The minimum Gasteiger partial charge on any atom is -0.465 e. The number of carbonyl (C=O) groups is 2. The average Bonchev–Trinajstić information content (AvgIpc) is 3.62. The molecule has 0 amide bonds. The van der Waals surface area contributed by atoms with Crippen molar-refractivity contribution in [2.75, 3.05) is 32.2 Å². The van der Waals surface area contributed by atoms with Crippen LogP contribution in [0.1, 0.15) is 102 Å². The van der Waals surface area contributed by atoms with E-state index >= 15 is 0 Å². The Morgan fingerprint density at radius 3 is 2.29 bits per heavy atom. The molecule has 0 atom stereocenters. The Hall–Kier alpha value is -3.39. The fourth-order valence-corrected chi connectivity index (χ4v) is 8.31. The molecule has 4 aliphatic carbocycles. The molecular weight excluding hydrogens is 615 g/mol. The summed E-state index contributed by atoms with van der Waals surface area (Å²) < 4.78 is 66.5. The number of esters is 2. The van der Waals surface area contributed by atoms with Gasteiger partial charge in [0.2, 0.25) is 0 Å². The molecule has 45 heavy (non-hydrogen) atoms. The second-order valence-corrected chi connectivity index (χ2v) is 13.7. The molecule has 0 radical (unpaired) electrons. The zero-order valence-electron chi connectivity index (χ0n) is 25.0. The molecule has 2 aromatic heterocycles. The first-order valence-electron chi connectivity index (χ1n) is 15.3. The Morgan fingerprint density at radius 2 is 1.69 bits per heavy atom. The van der Waals surface area contributed by atoms with E-state index < -0.39 is 18.1 Å². The Kier molecular flexibility index (Phi) is 7.50. The van der Waals surface area contributed by atoms with Crippen LogP contribution in [0, 0.1) is 0 Å². The van der Waals surface area contributed by atoms with Gasteiger partial charge in [-0.15, -0.1) is 13.2 Å². The first kappa shape index (κ1) is 30.3. The quantitative estimate of drug-likeness (QED) is 0.246. The molecule has 0 unspecified atom stereocenters. The SMILES string of the molecule is COC(=O)c1cc(OC(F)(F)F)c2nc(N3CCC(OC(=O)c4c(C56CCC(OC)(CC5)CC6)noc4C4CC4)CC3)sc2c1. The predicted octanol–water partition coefficient (Wildman–Crippen LogP) is 6.66. The summed E-state index contributed by atoms with van der Waals surface area (Å²) in [6.07, 6.45) is 3.15. The van der Waals surface area contributed by atoms with E-state index in [-0.39, 0.29) is 40.1 Å². The van der Waals surface area contributed by atoms with Crippen molar-refractivity contribution in [2.45, 2.75) is 93.6 Å². The van der Waals surface area contributed by atoms with Crippen molar-refractivity contribution >= 4 is 38.6 Å². The molecule has 2 bridgehead atoms. The Balaban J connectivity index is 1.06. The minimum absolute atomic E-state index is 0.00802. The second-order valence-electron chi connectivity index (χ2n) is 12.7. The highest BCUT2D eigenvalue weighted by atomic mass is 32.1. The van der Waals surface area contributed by atoms with Gasteiger partial charge in [0.25, 0.3) is 0 Å². The third-order valence-corrected chi connectivity index (χ3v) is 11.1. The van der Waals surface area contributed by atoms with Crippen LogP contribution in [0.15, 0.2) is 16.7 Å². The zero-order chi connectivity index (χ0) is 31.6. The summed E-state index contributed by atoms with van der Waals surface area (Å²) in [5.41, 5.74) is 0.922. The third kappa shape index (κ3) is 5.64. The first-order chi connectivity index (χ1) is 21.5. The number of aromatic nitrogens is 2. The average molecular weight is 650 g/mol. The molecule has 1 aliphatic heterocycles. The maximum atomic E-state index is 13.8. The van der Waals surface area contributed by atoms with Crippen molar-refractivity contribution in [1.82, 2.24) is 10.1 Å². The van der Waals surface area contributed by atoms with E-state index in [1.54, 1.807) is 7.11 Å². The zero-order valence-corrected chi connectivity index (χ0v) is 25.9. The Morgan fingerprint density at radius 1 is 1.00 bits per heavy atom. The van der Waals surface area contributed by atoms with Crippen LogP contribution in [-0.4, -0.2) is 67.5 Å². The monoisotopic (exact) mass is 649 g/mol. The molecule has 5 aliphatic rings. The normalized spacial score (nSPS) is 25.5. The van der Waals surface area contributed by atoms with E-state index in [9.17, 15) is 22.8 Å². The highest BCUT2D eigenvalue weighted by Gasteiger charge is 2.53. The number of benzene rings is 1. The predicted molar refractivity (Wildman–Crippen MR) is 156 cm³/mol. The number of methoxy groups -OCH3 is 2. The molecule has 8 rings (SSSR count). The van der Waals surface area contributed by atoms with Gasteiger partial charge in [0, 0.05) is 44.4 Å². The molecule has 0 N–H and O–H groups in total. The van der Waals surface area contributed by atoms with Crippen molar-refractivity contribution < 1.29 is 46.2 Å². The van der Waals surface area contributed by atoms with Crippen molar-refractivity contribution in [3.63, 3.8) is 0 Å². The highest BCUT2D eigenvalue weighted by Crippen LogP contribution is 2.56. The number of fused-ring (bicyclic) bond motifs is 4. The summed E-state index contributed by atoms with van der Waals surface area (Å²) in [6.45, 7) is 0.957. The van der Waals surface area contributed by atoms with Gasteiger partial charge in [0.15, 0.2) is 16.6 Å². The molecule has 0 spiro atoms. The fourth-order valence-electron chi connectivity index (χ4n) is 7.23.